The van der Waals surface area contributed by atoms with Crippen LogP contribution in [0.5, 0.6) is 5.75 Å². The van der Waals surface area contributed by atoms with Crippen LogP contribution in [-0.4, -0.2) is 25.0 Å². The first kappa shape index (κ1) is 15.2. The van der Waals surface area contributed by atoms with Crippen molar-refractivity contribution >= 4 is 11.8 Å². The van der Waals surface area contributed by atoms with Crippen LogP contribution in [0.1, 0.15) is 32.3 Å². The Labute approximate surface area is 113 Å². The van der Waals surface area contributed by atoms with Crippen molar-refractivity contribution in [3.63, 3.8) is 0 Å². The van der Waals surface area contributed by atoms with Gasteiger partial charge in [-0.2, -0.15) is 0 Å². The summed E-state index contributed by atoms with van der Waals surface area (Å²) in [5, 5.41) is 0. The summed E-state index contributed by atoms with van der Waals surface area (Å²) in [6, 6.07) is 7.47. The molecule has 0 aromatic heterocycles. The number of esters is 1. The molecule has 0 spiro atoms. The number of carbonyl (C=O) groups excluding carboxylic acids is 2. The summed E-state index contributed by atoms with van der Waals surface area (Å²) in [6.45, 7) is 3.88. The third-order valence-electron chi connectivity index (χ3n) is 2.56. The third kappa shape index (κ3) is 5.55. The van der Waals surface area contributed by atoms with Crippen LogP contribution in [0.3, 0.4) is 0 Å². The summed E-state index contributed by atoms with van der Waals surface area (Å²) in [7, 11) is 1.32. The topological polar surface area (TPSA) is 52.6 Å². The van der Waals surface area contributed by atoms with Gasteiger partial charge in [-0.15, -0.1) is 0 Å². The van der Waals surface area contributed by atoms with Gasteiger partial charge < -0.3 is 9.47 Å². The molecule has 4 heteroatoms. The van der Waals surface area contributed by atoms with Crippen LogP contribution in [-0.2, 0) is 20.7 Å². The quantitative estimate of drug-likeness (QED) is 0.710. The molecule has 0 radical (unpaired) electrons. The Hall–Kier alpha value is -1.84. The molecule has 0 bridgehead atoms. The lowest BCUT2D eigenvalue weighted by atomic mass is 10.0. The lowest BCUT2D eigenvalue weighted by Gasteiger charge is -2.13. The van der Waals surface area contributed by atoms with Gasteiger partial charge in [0.05, 0.1) is 19.6 Å². The number of methoxy groups -OCH3 is 1. The first-order valence-corrected chi connectivity index (χ1v) is 6.36. The minimum atomic E-state index is -0.361. The van der Waals surface area contributed by atoms with E-state index in [-0.39, 0.29) is 37.1 Å². The van der Waals surface area contributed by atoms with Crippen molar-refractivity contribution in [1.29, 1.82) is 0 Å². The van der Waals surface area contributed by atoms with Gasteiger partial charge in [0.15, 0.2) is 0 Å². The average Bonchev–Trinajstić information content (AvgIpc) is 2.37. The van der Waals surface area contributed by atoms with Gasteiger partial charge in [0, 0.05) is 18.4 Å². The number of hydrogen-bond acceptors (Lipinski definition) is 4. The Balaban J connectivity index is 2.61. The molecular weight excluding hydrogens is 244 g/mol. The van der Waals surface area contributed by atoms with Gasteiger partial charge in [-0.05, 0) is 19.9 Å². The van der Waals surface area contributed by atoms with Crippen molar-refractivity contribution in [3.05, 3.63) is 29.8 Å². The molecule has 0 N–H and O–H groups in total. The van der Waals surface area contributed by atoms with Gasteiger partial charge in [0.25, 0.3) is 0 Å². The molecule has 19 heavy (non-hydrogen) atoms. The standard InChI is InChI=1S/C15H20O4/c1-11(2)19-14-7-5-4-6-12(14)10-13(16)8-9-15(17)18-3/h4-7,11H,8-10H2,1-3H3. The Morgan fingerprint density at radius 3 is 2.47 bits per heavy atom. The highest BCUT2D eigenvalue weighted by atomic mass is 16.5. The van der Waals surface area contributed by atoms with Crippen molar-refractivity contribution in [1.82, 2.24) is 0 Å². The van der Waals surface area contributed by atoms with Crippen LogP contribution in [0.25, 0.3) is 0 Å². The number of carbonyl (C=O) groups is 2. The molecule has 104 valence electrons. The summed E-state index contributed by atoms with van der Waals surface area (Å²) in [4.78, 5) is 22.8. The van der Waals surface area contributed by atoms with Gasteiger partial charge in [0.2, 0.25) is 0 Å². The second-order valence-electron chi connectivity index (χ2n) is 4.57. The number of Topliss-reactive ketones (excluding diaryl/α,β-unsaturated/α-hetero) is 1. The van der Waals surface area contributed by atoms with Crippen molar-refractivity contribution < 1.29 is 19.1 Å². The van der Waals surface area contributed by atoms with Gasteiger partial charge in [-0.25, -0.2) is 0 Å². The zero-order chi connectivity index (χ0) is 14.3. The predicted molar refractivity (Wildman–Crippen MR) is 72.2 cm³/mol. The first-order chi connectivity index (χ1) is 9.02. The van der Waals surface area contributed by atoms with Gasteiger partial charge in [-0.3, -0.25) is 9.59 Å². The Bertz CT molecular complexity index is 438. The van der Waals surface area contributed by atoms with Crippen LogP contribution >= 0.6 is 0 Å². The van der Waals surface area contributed by atoms with E-state index >= 15 is 0 Å². The predicted octanol–water partition coefficient (Wildman–Crippen LogP) is 2.54. The highest BCUT2D eigenvalue weighted by Crippen LogP contribution is 2.20. The number of ketones is 1. The van der Waals surface area contributed by atoms with E-state index in [4.69, 9.17) is 4.74 Å². The van der Waals surface area contributed by atoms with E-state index < -0.39 is 0 Å². The molecule has 0 aliphatic carbocycles. The Kier molecular flexibility index (Phi) is 6.06. The SMILES string of the molecule is COC(=O)CCC(=O)Cc1ccccc1OC(C)C. The maximum Gasteiger partial charge on any atom is 0.305 e. The van der Waals surface area contributed by atoms with E-state index in [0.29, 0.717) is 0 Å². The van der Waals surface area contributed by atoms with Crippen molar-refractivity contribution in [2.45, 2.75) is 39.2 Å². The normalized spacial score (nSPS) is 10.3. The second-order valence-corrected chi connectivity index (χ2v) is 4.57. The molecule has 1 rings (SSSR count). The summed E-state index contributed by atoms with van der Waals surface area (Å²) in [6.07, 6.45) is 0.664. The number of hydrogen-bond donors (Lipinski definition) is 0. The van der Waals surface area contributed by atoms with Crippen LogP contribution in [0, 0.1) is 0 Å². The largest absolute Gasteiger partial charge is 0.491 e. The summed E-state index contributed by atoms with van der Waals surface area (Å²) < 4.78 is 10.2. The third-order valence-corrected chi connectivity index (χ3v) is 2.56. The average molecular weight is 264 g/mol. The molecule has 0 amide bonds. The molecule has 0 aliphatic rings. The Morgan fingerprint density at radius 1 is 1.16 bits per heavy atom. The van der Waals surface area contributed by atoms with Gasteiger partial charge in [-0.1, -0.05) is 18.2 Å². The van der Waals surface area contributed by atoms with E-state index in [9.17, 15) is 9.59 Å². The summed E-state index contributed by atoms with van der Waals surface area (Å²) >= 11 is 0. The molecule has 0 saturated heterocycles. The van der Waals surface area contributed by atoms with E-state index in [1.807, 2.05) is 38.1 Å². The van der Waals surface area contributed by atoms with Crippen LogP contribution in [0.15, 0.2) is 24.3 Å². The van der Waals surface area contributed by atoms with Crippen molar-refractivity contribution in [2.24, 2.45) is 0 Å². The van der Waals surface area contributed by atoms with E-state index in [2.05, 4.69) is 4.74 Å². The smallest absolute Gasteiger partial charge is 0.305 e. The fourth-order valence-electron chi connectivity index (χ4n) is 1.66. The van der Waals surface area contributed by atoms with Crippen LogP contribution in [0.2, 0.25) is 0 Å². The molecule has 0 saturated carbocycles. The van der Waals surface area contributed by atoms with Crippen LogP contribution < -0.4 is 4.74 Å². The van der Waals surface area contributed by atoms with Gasteiger partial charge in [0.1, 0.15) is 11.5 Å². The minimum Gasteiger partial charge on any atom is -0.491 e. The molecule has 1 aromatic carbocycles. The van der Waals surface area contributed by atoms with E-state index in [1.54, 1.807) is 0 Å². The van der Waals surface area contributed by atoms with Gasteiger partial charge >= 0.3 is 5.97 Å². The van der Waals surface area contributed by atoms with E-state index in [0.717, 1.165) is 11.3 Å². The highest BCUT2D eigenvalue weighted by molar-refractivity contribution is 5.85. The molecule has 0 aliphatic heterocycles. The van der Waals surface area contributed by atoms with E-state index in [1.165, 1.54) is 7.11 Å². The minimum absolute atomic E-state index is 0.00482. The molecule has 1 aromatic rings. The monoisotopic (exact) mass is 264 g/mol. The van der Waals surface area contributed by atoms with Crippen molar-refractivity contribution in [2.75, 3.05) is 7.11 Å². The maximum absolute atomic E-state index is 11.8. The zero-order valence-electron chi connectivity index (χ0n) is 11.6. The molecule has 0 fully saturated rings. The first-order valence-electron chi connectivity index (χ1n) is 6.36. The van der Waals surface area contributed by atoms with Crippen molar-refractivity contribution in [3.8, 4) is 5.75 Å². The van der Waals surface area contributed by atoms with Crippen LogP contribution in [0.4, 0.5) is 0 Å². The summed E-state index contributed by atoms with van der Waals surface area (Å²) in [5.74, 6) is 0.370. The molecule has 0 unspecified atom stereocenters. The second kappa shape index (κ2) is 7.56. The lowest BCUT2D eigenvalue weighted by molar-refractivity contribution is -0.141. The lowest BCUT2D eigenvalue weighted by Crippen LogP contribution is -2.11. The number of rotatable bonds is 7. The highest BCUT2D eigenvalue weighted by Gasteiger charge is 2.11. The number of para-hydroxylation sites is 1. The molecular formula is C15H20O4. The summed E-state index contributed by atoms with van der Waals surface area (Å²) in [5.41, 5.74) is 0.853. The zero-order valence-corrected chi connectivity index (χ0v) is 11.6. The number of benzene rings is 1. The fourth-order valence-corrected chi connectivity index (χ4v) is 1.66. The molecule has 0 atom stereocenters. The molecule has 0 heterocycles. The maximum atomic E-state index is 11.8. The molecule has 4 nitrogen and oxygen atoms in total. The number of ether oxygens (including phenoxy) is 2. The Morgan fingerprint density at radius 2 is 1.84 bits per heavy atom. The fraction of sp³-hybridized carbons (Fsp3) is 0.467.